The largest absolute Gasteiger partial charge is 0.396 e. The quantitative estimate of drug-likeness (QED) is 0.843. The summed E-state index contributed by atoms with van der Waals surface area (Å²) in [6.07, 6.45) is 7.52. The van der Waals surface area contributed by atoms with Crippen LogP contribution in [0.15, 0.2) is 18.3 Å². The molecule has 0 atom stereocenters. The molecule has 3 nitrogen and oxygen atoms in total. The molecule has 2 heterocycles. The Morgan fingerprint density at radius 2 is 2.06 bits per heavy atom. The molecular formula is C13H20N2O. The van der Waals surface area contributed by atoms with Crippen molar-refractivity contribution in [3.63, 3.8) is 0 Å². The first kappa shape index (κ1) is 11.4. The zero-order chi connectivity index (χ0) is 11.2. The Labute approximate surface area is 97.1 Å². The predicted octanol–water partition coefficient (Wildman–Crippen LogP) is 2.00. The van der Waals surface area contributed by atoms with Crippen LogP contribution in [0.1, 0.15) is 31.4 Å². The lowest BCUT2D eigenvalue weighted by Crippen LogP contribution is -2.29. The molecule has 0 aliphatic carbocycles. The van der Waals surface area contributed by atoms with Crippen LogP contribution >= 0.6 is 0 Å². The summed E-state index contributed by atoms with van der Waals surface area (Å²) in [7, 11) is 0. The molecule has 1 saturated heterocycles. The molecule has 1 aromatic heterocycles. The molecule has 88 valence electrons. The highest BCUT2D eigenvalue weighted by molar-refractivity contribution is 5.46. The second-order valence-corrected chi connectivity index (χ2v) is 4.38. The van der Waals surface area contributed by atoms with Crippen LogP contribution in [-0.4, -0.2) is 29.8 Å². The molecule has 1 aliphatic heterocycles. The second-order valence-electron chi connectivity index (χ2n) is 4.38. The predicted molar refractivity (Wildman–Crippen MR) is 65.7 cm³/mol. The van der Waals surface area contributed by atoms with Crippen molar-refractivity contribution in [2.45, 2.75) is 32.1 Å². The van der Waals surface area contributed by atoms with Crippen molar-refractivity contribution in [2.24, 2.45) is 0 Å². The summed E-state index contributed by atoms with van der Waals surface area (Å²) in [5.74, 6) is 0. The van der Waals surface area contributed by atoms with Crippen LogP contribution in [-0.2, 0) is 6.42 Å². The van der Waals surface area contributed by atoms with Gasteiger partial charge in [-0.3, -0.25) is 4.98 Å². The molecule has 1 N–H and O–H groups in total. The Morgan fingerprint density at radius 1 is 1.25 bits per heavy atom. The summed E-state index contributed by atoms with van der Waals surface area (Å²) in [4.78, 5) is 6.77. The van der Waals surface area contributed by atoms with Gasteiger partial charge in [-0.1, -0.05) is 0 Å². The SMILES string of the molecule is OCCCc1cc(N2CCCCC2)ccn1. The van der Waals surface area contributed by atoms with E-state index in [0.717, 1.165) is 18.5 Å². The van der Waals surface area contributed by atoms with Gasteiger partial charge in [0.2, 0.25) is 0 Å². The van der Waals surface area contributed by atoms with Gasteiger partial charge in [-0.25, -0.2) is 0 Å². The summed E-state index contributed by atoms with van der Waals surface area (Å²) in [6.45, 7) is 2.59. The Kier molecular flexibility index (Phi) is 4.17. The van der Waals surface area contributed by atoms with Gasteiger partial charge in [0, 0.05) is 37.3 Å². The van der Waals surface area contributed by atoms with Gasteiger partial charge in [-0.05, 0) is 44.2 Å². The lowest BCUT2D eigenvalue weighted by atomic mass is 10.1. The van der Waals surface area contributed by atoms with Crippen LogP contribution in [0.4, 0.5) is 5.69 Å². The molecule has 16 heavy (non-hydrogen) atoms. The van der Waals surface area contributed by atoms with Crippen molar-refractivity contribution in [1.29, 1.82) is 0 Å². The summed E-state index contributed by atoms with van der Waals surface area (Å²) in [5, 5.41) is 8.81. The molecule has 1 aromatic rings. The first-order valence-electron chi connectivity index (χ1n) is 6.21. The maximum atomic E-state index is 8.81. The van der Waals surface area contributed by atoms with Crippen molar-refractivity contribution in [1.82, 2.24) is 4.98 Å². The average molecular weight is 220 g/mol. The fraction of sp³-hybridized carbons (Fsp3) is 0.615. The number of hydrogen-bond acceptors (Lipinski definition) is 3. The van der Waals surface area contributed by atoms with Crippen LogP contribution in [0.5, 0.6) is 0 Å². The van der Waals surface area contributed by atoms with Crippen LogP contribution in [0.3, 0.4) is 0 Å². The van der Waals surface area contributed by atoms with Gasteiger partial charge in [-0.15, -0.1) is 0 Å². The van der Waals surface area contributed by atoms with Crippen LogP contribution in [0.25, 0.3) is 0 Å². The molecule has 2 rings (SSSR count). The molecule has 0 unspecified atom stereocenters. The topological polar surface area (TPSA) is 36.4 Å². The third-order valence-corrected chi connectivity index (χ3v) is 3.11. The van der Waals surface area contributed by atoms with E-state index < -0.39 is 0 Å². The van der Waals surface area contributed by atoms with E-state index in [2.05, 4.69) is 22.0 Å². The van der Waals surface area contributed by atoms with Gasteiger partial charge in [-0.2, -0.15) is 0 Å². The molecule has 0 radical (unpaired) electrons. The zero-order valence-electron chi connectivity index (χ0n) is 9.73. The second kappa shape index (κ2) is 5.85. The van der Waals surface area contributed by atoms with Crippen LogP contribution in [0.2, 0.25) is 0 Å². The van der Waals surface area contributed by atoms with Crippen LogP contribution in [0, 0.1) is 0 Å². The number of pyridine rings is 1. The van der Waals surface area contributed by atoms with Gasteiger partial charge in [0.05, 0.1) is 0 Å². The molecule has 1 fully saturated rings. The number of aliphatic hydroxyl groups is 1. The monoisotopic (exact) mass is 220 g/mol. The third-order valence-electron chi connectivity index (χ3n) is 3.11. The molecule has 1 aliphatic rings. The molecule has 0 amide bonds. The highest BCUT2D eigenvalue weighted by Gasteiger charge is 2.11. The van der Waals surface area contributed by atoms with E-state index in [-0.39, 0.29) is 6.61 Å². The number of piperidine rings is 1. The van der Waals surface area contributed by atoms with Gasteiger partial charge in [0.25, 0.3) is 0 Å². The van der Waals surface area contributed by atoms with Crippen molar-refractivity contribution in [3.05, 3.63) is 24.0 Å². The van der Waals surface area contributed by atoms with Crippen molar-refractivity contribution in [3.8, 4) is 0 Å². The molecule has 0 aromatic carbocycles. The van der Waals surface area contributed by atoms with Crippen LogP contribution < -0.4 is 4.90 Å². The summed E-state index contributed by atoms with van der Waals surface area (Å²) < 4.78 is 0. The highest BCUT2D eigenvalue weighted by atomic mass is 16.2. The van der Waals surface area contributed by atoms with Crippen molar-refractivity contribution >= 4 is 5.69 Å². The fourth-order valence-corrected chi connectivity index (χ4v) is 2.21. The first-order chi connectivity index (χ1) is 7.90. The Balaban J connectivity index is 2.02. The number of anilines is 1. The minimum Gasteiger partial charge on any atom is -0.396 e. The molecule has 0 saturated carbocycles. The van der Waals surface area contributed by atoms with Gasteiger partial charge >= 0.3 is 0 Å². The van der Waals surface area contributed by atoms with Gasteiger partial charge in [0.1, 0.15) is 0 Å². The minimum absolute atomic E-state index is 0.246. The Hall–Kier alpha value is -1.09. The number of nitrogens with zero attached hydrogens (tertiary/aromatic N) is 2. The molecular weight excluding hydrogens is 200 g/mol. The fourth-order valence-electron chi connectivity index (χ4n) is 2.21. The average Bonchev–Trinajstić information content (AvgIpc) is 2.38. The minimum atomic E-state index is 0.246. The maximum absolute atomic E-state index is 8.81. The van der Waals surface area contributed by atoms with E-state index in [4.69, 9.17) is 5.11 Å². The summed E-state index contributed by atoms with van der Waals surface area (Å²) in [5.41, 5.74) is 2.39. The lowest BCUT2D eigenvalue weighted by molar-refractivity contribution is 0.288. The van der Waals surface area contributed by atoms with Gasteiger partial charge in [0.15, 0.2) is 0 Å². The van der Waals surface area contributed by atoms with E-state index in [9.17, 15) is 0 Å². The van der Waals surface area contributed by atoms with E-state index in [1.54, 1.807) is 0 Å². The van der Waals surface area contributed by atoms with Crippen molar-refractivity contribution in [2.75, 3.05) is 24.6 Å². The van der Waals surface area contributed by atoms with E-state index in [1.807, 2.05) is 6.20 Å². The number of aliphatic hydroxyl groups excluding tert-OH is 1. The van der Waals surface area contributed by atoms with Gasteiger partial charge < -0.3 is 10.0 Å². The zero-order valence-corrected chi connectivity index (χ0v) is 9.73. The molecule has 0 spiro atoms. The Bertz CT molecular complexity index is 321. The Morgan fingerprint density at radius 3 is 2.81 bits per heavy atom. The van der Waals surface area contributed by atoms with Crippen molar-refractivity contribution < 1.29 is 5.11 Å². The highest BCUT2D eigenvalue weighted by Crippen LogP contribution is 2.20. The normalized spacial score (nSPS) is 16.4. The first-order valence-corrected chi connectivity index (χ1v) is 6.21. The molecule has 0 bridgehead atoms. The summed E-state index contributed by atoms with van der Waals surface area (Å²) >= 11 is 0. The molecule has 3 heteroatoms. The van der Waals surface area contributed by atoms with E-state index in [0.29, 0.717) is 0 Å². The smallest absolute Gasteiger partial charge is 0.0434 e. The lowest BCUT2D eigenvalue weighted by Gasteiger charge is -2.28. The van der Waals surface area contributed by atoms with E-state index in [1.165, 1.54) is 38.0 Å². The number of hydrogen-bond donors (Lipinski definition) is 1. The number of rotatable bonds is 4. The van der Waals surface area contributed by atoms with E-state index >= 15 is 0 Å². The number of aromatic nitrogens is 1. The summed E-state index contributed by atoms with van der Waals surface area (Å²) in [6, 6.07) is 4.26. The standard InChI is InChI=1S/C13H20N2O/c16-10-4-5-12-11-13(6-7-14-12)15-8-2-1-3-9-15/h6-7,11,16H,1-5,8-10H2. The number of aryl methyl sites for hydroxylation is 1. The third kappa shape index (κ3) is 2.95. The maximum Gasteiger partial charge on any atom is 0.0434 e.